The number of halogens is 3. The molecule has 256 valence electrons. The highest BCUT2D eigenvalue weighted by molar-refractivity contribution is 6.06. The van der Waals surface area contributed by atoms with Gasteiger partial charge in [-0.2, -0.15) is 18.2 Å². The first kappa shape index (κ1) is 33.3. The van der Waals surface area contributed by atoms with Gasteiger partial charge in [0.2, 0.25) is 17.8 Å². The fraction of sp³-hybridized carbons (Fsp3) is 0.471. The molecule has 14 heteroatoms. The van der Waals surface area contributed by atoms with Crippen molar-refractivity contribution < 1.29 is 27.5 Å². The quantitative estimate of drug-likeness (QED) is 0.298. The second-order valence-corrected chi connectivity index (χ2v) is 13.0. The third-order valence-corrected chi connectivity index (χ3v) is 9.67. The Labute approximate surface area is 277 Å². The van der Waals surface area contributed by atoms with Crippen LogP contribution in [0.4, 0.5) is 42.0 Å². The zero-order valence-electron chi connectivity index (χ0n) is 27.6. The highest BCUT2D eigenvalue weighted by atomic mass is 19.4. The van der Waals surface area contributed by atoms with Gasteiger partial charge in [-0.1, -0.05) is 12.1 Å². The molecule has 6 rings (SSSR count). The minimum Gasteiger partial charge on any atom is -0.494 e. The topological polar surface area (TPSA) is 115 Å². The molecule has 11 nitrogen and oxygen atoms in total. The number of benzene rings is 2. The minimum atomic E-state index is -4.69. The maximum atomic E-state index is 14.0. The molecule has 0 bridgehead atoms. The number of amides is 2. The van der Waals surface area contributed by atoms with Crippen molar-refractivity contribution in [2.24, 2.45) is 0 Å². The Morgan fingerprint density at radius 3 is 2.48 bits per heavy atom. The van der Waals surface area contributed by atoms with Gasteiger partial charge in [-0.15, -0.1) is 0 Å². The second-order valence-electron chi connectivity index (χ2n) is 13.0. The predicted octanol–water partition coefficient (Wildman–Crippen LogP) is 5.22. The number of ether oxygens (including phenoxy) is 1. The van der Waals surface area contributed by atoms with Crippen LogP contribution in [0.15, 0.2) is 42.6 Å². The zero-order chi connectivity index (χ0) is 34.2. The lowest BCUT2D eigenvalue weighted by molar-refractivity contribution is -0.137. The van der Waals surface area contributed by atoms with Gasteiger partial charge in [0.05, 0.1) is 18.2 Å². The molecule has 0 aliphatic carbocycles. The normalized spacial score (nSPS) is 18.4. The number of hydrogen-bond donors (Lipinski definition) is 3. The second kappa shape index (κ2) is 13.1. The fourth-order valence-electron chi connectivity index (χ4n) is 6.94. The molecule has 2 amide bonds. The van der Waals surface area contributed by atoms with Crippen molar-refractivity contribution in [3.05, 3.63) is 59.3 Å². The van der Waals surface area contributed by atoms with Crippen LogP contribution in [0, 0.1) is 0 Å². The van der Waals surface area contributed by atoms with Gasteiger partial charge < -0.3 is 30.5 Å². The van der Waals surface area contributed by atoms with Crippen LogP contribution in [0.1, 0.15) is 50.3 Å². The first-order valence-corrected chi connectivity index (χ1v) is 16.2. The zero-order valence-corrected chi connectivity index (χ0v) is 27.6. The highest BCUT2D eigenvalue weighted by Gasteiger charge is 2.40. The monoisotopic (exact) mass is 666 g/mol. The number of nitrogens with one attached hydrogen (secondary N) is 3. The summed E-state index contributed by atoms with van der Waals surface area (Å²) in [4.78, 5) is 39.1. The third kappa shape index (κ3) is 6.71. The number of methoxy groups -OCH3 is 1. The van der Waals surface area contributed by atoms with Gasteiger partial charge in [0.25, 0.3) is 0 Å². The number of anilines is 5. The van der Waals surface area contributed by atoms with Gasteiger partial charge in [-0.3, -0.25) is 14.5 Å². The number of likely N-dealkylation sites (tertiary alicyclic amines) is 1. The first-order chi connectivity index (χ1) is 22.8. The van der Waals surface area contributed by atoms with Crippen LogP contribution in [0.2, 0.25) is 0 Å². The van der Waals surface area contributed by atoms with Gasteiger partial charge in [0, 0.05) is 82.4 Å². The lowest BCUT2D eigenvalue weighted by Gasteiger charge is -2.43. The Hall–Kier alpha value is -4.59. The fourth-order valence-corrected chi connectivity index (χ4v) is 6.94. The van der Waals surface area contributed by atoms with Crippen LogP contribution in [-0.2, 0) is 27.7 Å². The summed E-state index contributed by atoms with van der Waals surface area (Å²) in [6, 6.07) is 11.5. The number of nitrogens with zero attached hydrogens (tertiary/aromatic N) is 5. The molecule has 3 aliphatic heterocycles. The van der Waals surface area contributed by atoms with E-state index in [1.807, 2.05) is 23.1 Å². The predicted molar refractivity (Wildman–Crippen MR) is 178 cm³/mol. The summed E-state index contributed by atoms with van der Waals surface area (Å²) >= 11 is 0. The van der Waals surface area contributed by atoms with Crippen molar-refractivity contribution in [1.82, 2.24) is 19.8 Å². The maximum Gasteiger partial charge on any atom is 0.421 e. The number of piperazine rings is 1. The number of piperidine rings is 1. The van der Waals surface area contributed by atoms with Crippen molar-refractivity contribution in [2.75, 3.05) is 67.2 Å². The van der Waals surface area contributed by atoms with E-state index in [1.54, 1.807) is 39.0 Å². The Morgan fingerprint density at radius 2 is 1.81 bits per heavy atom. The van der Waals surface area contributed by atoms with E-state index in [4.69, 9.17) is 4.74 Å². The molecule has 0 atom stereocenters. The highest BCUT2D eigenvalue weighted by Crippen LogP contribution is 2.41. The van der Waals surface area contributed by atoms with E-state index in [0.717, 1.165) is 69.6 Å². The molecule has 3 aliphatic rings. The van der Waals surface area contributed by atoms with E-state index in [2.05, 4.69) is 35.7 Å². The van der Waals surface area contributed by atoms with Gasteiger partial charge in [-0.05, 0) is 56.0 Å². The lowest BCUT2D eigenvalue weighted by atomic mass is 9.83. The van der Waals surface area contributed by atoms with Crippen molar-refractivity contribution in [2.45, 2.75) is 57.8 Å². The van der Waals surface area contributed by atoms with E-state index in [9.17, 15) is 22.8 Å². The molecule has 1 aromatic heterocycles. The van der Waals surface area contributed by atoms with E-state index < -0.39 is 17.2 Å². The summed E-state index contributed by atoms with van der Waals surface area (Å²) < 4.78 is 47.7. The maximum absolute atomic E-state index is 14.0. The Morgan fingerprint density at radius 1 is 1.08 bits per heavy atom. The number of hydrogen-bond acceptors (Lipinski definition) is 9. The van der Waals surface area contributed by atoms with Crippen molar-refractivity contribution >= 4 is 40.6 Å². The number of rotatable bonds is 8. The standard InChI is InChI=1S/C34H41F3N8O3/c1-21(46)43-12-10-23(11-13-43)44-14-16-45(17-15-44)24-8-9-26(28(18-24)48-4)41-32-39-20-25(34(35,36)37)30(42-32)38-19-22-6-5-7-27-29(22)33(2,3)31(47)40-27/h5-9,18,20,23H,10-17,19H2,1-4H3,(H,40,47)(H2,38,39,41,42). The Kier molecular flexibility index (Phi) is 9.12. The van der Waals surface area contributed by atoms with Crippen LogP contribution in [0.3, 0.4) is 0 Å². The van der Waals surface area contributed by atoms with Crippen LogP contribution in [0.5, 0.6) is 5.75 Å². The molecule has 0 spiro atoms. The SMILES string of the molecule is COc1cc(N2CCN(C3CCN(C(C)=O)CC3)CC2)ccc1Nc1ncc(C(F)(F)F)c(NCc2cccc3c2C(C)(C)C(=O)N3)n1. The largest absolute Gasteiger partial charge is 0.494 e. The van der Waals surface area contributed by atoms with Crippen molar-refractivity contribution in [3.63, 3.8) is 0 Å². The molecular weight excluding hydrogens is 625 g/mol. The third-order valence-electron chi connectivity index (χ3n) is 9.67. The van der Waals surface area contributed by atoms with Gasteiger partial charge >= 0.3 is 6.18 Å². The summed E-state index contributed by atoms with van der Waals surface area (Å²) in [6.45, 7) is 10.3. The molecule has 0 radical (unpaired) electrons. The molecule has 2 aromatic carbocycles. The smallest absolute Gasteiger partial charge is 0.421 e. The number of carbonyl (C=O) groups is 2. The Balaban J connectivity index is 1.14. The van der Waals surface area contributed by atoms with E-state index >= 15 is 0 Å². The molecule has 3 N–H and O–H groups in total. The van der Waals surface area contributed by atoms with Crippen LogP contribution < -0.4 is 25.6 Å². The van der Waals surface area contributed by atoms with Gasteiger partial charge in [0.15, 0.2) is 0 Å². The summed E-state index contributed by atoms with van der Waals surface area (Å²) in [7, 11) is 1.54. The molecule has 3 aromatic rings. The summed E-state index contributed by atoms with van der Waals surface area (Å²) in [5, 5.41) is 8.72. The number of fused-ring (bicyclic) bond motifs is 1. The average Bonchev–Trinajstić information content (AvgIpc) is 3.31. The summed E-state index contributed by atoms with van der Waals surface area (Å²) in [6.07, 6.45) is -1.96. The summed E-state index contributed by atoms with van der Waals surface area (Å²) in [5.74, 6) is 0.0624. The first-order valence-electron chi connectivity index (χ1n) is 16.2. The number of aromatic nitrogens is 2. The molecule has 0 unspecified atom stereocenters. The van der Waals surface area contributed by atoms with E-state index in [-0.39, 0.29) is 30.1 Å². The van der Waals surface area contributed by atoms with Gasteiger partial charge in [0.1, 0.15) is 17.1 Å². The molecule has 2 saturated heterocycles. The summed E-state index contributed by atoms with van der Waals surface area (Å²) in [5.41, 5.74) is 1.73. The Bertz CT molecular complexity index is 1680. The van der Waals surface area contributed by atoms with Crippen LogP contribution in [0.25, 0.3) is 0 Å². The van der Waals surface area contributed by atoms with Crippen LogP contribution >= 0.6 is 0 Å². The van der Waals surface area contributed by atoms with E-state index in [1.165, 1.54) is 7.11 Å². The lowest BCUT2D eigenvalue weighted by Crippen LogP contribution is -2.53. The van der Waals surface area contributed by atoms with E-state index in [0.29, 0.717) is 28.7 Å². The minimum absolute atomic E-state index is 0.0178. The van der Waals surface area contributed by atoms with Gasteiger partial charge in [-0.25, -0.2) is 4.98 Å². The molecular formula is C34H41F3N8O3. The molecule has 48 heavy (non-hydrogen) atoms. The molecule has 4 heterocycles. The van der Waals surface area contributed by atoms with Crippen molar-refractivity contribution in [3.8, 4) is 5.75 Å². The number of carbonyl (C=O) groups excluding carboxylic acids is 2. The molecule has 0 saturated carbocycles. The molecule has 2 fully saturated rings. The van der Waals surface area contributed by atoms with Crippen molar-refractivity contribution in [1.29, 1.82) is 0 Å². The van der Waals surface area contributed by atoms with Crippen LogP contribution in [-0.4, -0.2) is 84.0 Å². The number of alkyl halides is 3. The average molecular weight is 667 g/mol.